The predicted molar refractivity (Wildman–Crippen MR) is 129 cm³/mol. The molecule has 1 fully saturated rings. The first-order valence-corrected chi connectivity index (χ1v) is 11.0. The van der Waals surface area contributed by atoms with E-state index in [-0.39, 0.29) is 10.7 Å². The molecule has 11 heteroatoms. The van der Waals surface area contributed by atoms with E-state index in [1.807, 2.05) is 24.3 Å². The molecule has 0 aliphatic carbocycles. The Bertz CT molecular complexity index is 1420. The van der Waals surface area contributed by atoms with Crippen LogP contribution in [0.1, 0.15) is 0 Å². The van der Waals surface area contributed by atoms with E-state index < -0.39 is 6.09 Å². The average Bonchev–Trinajstić information content (AvgIpc) is 2.85. The van der Waals surface area contributed by atoms with Crippen molar-refractivity contribution in [3.63, 3.8) is 0 Å². The Hall–Kier alpha value is -4.18. The summed E-state index contributed by atoms with van der Waals surface area (Å²) in [5, 5.41) is 12.8. The van der Waals surface area contributed by atoms with E-state index in [1.165, 1.54) is 15.7 Å². The number of hydrogen-bond donors (Lipinski definition) is 2. The molecule has 1 saturated heterocycles. The third kappa shape index (κ3) is 4.23. The number of rotatable bonds is 4. The molecule has 5 rings (SSSR count). The molecule has 1 amide bonds. The first-order valence-electron chi connectivity index (χ1n) is 10.6. The maximum Gasteiger partial charge on any atom is 0.407 e. The van der Waals surface area contributed by atoms with Gasteiger partial charge >= 0.3 is 6.09 Å². The number of nitrogens with zero attached hydrogens (tertiary/aromatic N) is 6. The SMILES string of the molecule is O=C(O)N1CCN(c2ccc(Nc3ncc4c(=O)n(-c5cccnc5Cl)ccc4n3)cc2)CC1. The number of carbonyl (C=O) groups is 1. The number of aromatic nitrogens is 4. The molecule has 0 spiro atoms. The third-order valence-electron chi connectivity index (χ3n) is 5.69. The fourth-order valence-electron chi connectivity index (χ4n) is 3.88. The Kier molecular flexibility index (Phi) is 5.72. The number of benzene rings is 1. The molecule has 34 heavy (non-hydrogen) atoms. The number of anilines is 3. The van der Waals surface area contributed by atoms with Gasteiger partial charge in [-0.3, -0.25) is 9.36 Å². The maximum atomic E-state index is 12.9. The summed E-state index contributed by atoms with van der Waals surface area (Å²) < 4.78 is 1.42. The molecule has 4 heterocycles. The Morgan fingerprint density at radius 2 is 1.79 bits per heavy atom. The van der Waals surface area contributed by atoms with Gasteiger partial charge in [0.1, 0.15) is 0 Å². The van der Waals surface area contributed by atoms with Crippen LogP contribution in [0.15, 0.2) is 65.8 Å². The van der Waals surface area contributed by atoms with E-state index in [0.29, 0.717) is 48.7 Å². The van der Waals surface area contributed by atoms with E-state index in [2.05, 4.69) is 25.2 Å². The number of halogens is 1. The highest BCUT2D eigenvalue weighted by atomic mass is 35.5. The van der Waals surface area contributed by atoms with Gasteiger partial charge in [-0.15, -0.1) is 0 Å². The monoisotopic (exact) mass is 477 g/mol. The molecule has 172 valence electrons. The summed E-state index contributed by atoms with van der Waals surface area (Å²) in [6.45, 7) is 2.26. The van der Waals surface area contributed by atoms with Gasteiger partial charge in [0.2, 0.25) is 5.95 Å². The van der Waals surface area contributed by atoms with Gasteiger partial charge < -0.3 is 20.2 Å². The molecular formula is C23H20ClN7O3. The first kappa shape index (κ1) is 21.7. The van der Waals surface area contributed by atoms with Crippen LogP contribution in [-0.2, 0) is 0 Å². The van der Waals surface area contributed by atoms with E-state index in [1.54, 1.807) is 30.6 Å². The lowest BCUT2D eigenvalue weighted by Gasteiger charge is -2.34. The van der Waals surface area contributed by atoms with Crippen LogP contribution < -0.4 is 15.8 Å². The minimum Gasteiger partial charge on any atom is -0.465 e. The second kappa shape index (κ2) is 8.99. The average molecular weight is 478 g/mol. The number of nitrogens with one attached hydrogen (secondary N) is 1. The zero-order chi connectivity index (χ0) is 23.7. The van der Waals surface area contributed by atoms with Gasteiger partial charge in [0.15, 0.2) is 5.15 Å². The molecular weight excluding hydrogens is 458 g/mol. The number of hydrogen-bond acceptors (Lipinski definition) is 7. The van der Waals surface area contributed by atoms with Crippen LogP contribution in [0.5, 0.6) is 0 Å². The fourth-order valence-corrected chi connectivity index (χ4v) is 4.09. The molecule has 0 atom stereocenters. The summed E-state index contributed by atoms with van der Waals surface area (Å²) in [6, 6.07) is 12.9. The Morgan fingerprint density at radius 1 is 1.03 bits per heavy atom. The maximum absolute atomic E-state index is 12.9. The van der Waals surface area contributed by atoms with Gasteiger partial charge in [-0.05, 0) is 42.5 Å². The lowest BCUT2D eigenvalue weighted by atomic mass is 10.2. The van der Waals surface area contributed by atoms with E-state index in [4.69, 9.17) is 16.7 Å². The van der Waals surface area contributed by atoms with Crippen molar-refractivity contribution >= 4 is 45.9 Å². The fraction of sp³-hybridized carbons (Fsp3) is 0.174. The minimum atomic E-state index is -0.880. The topological polar surface area (TPSA) is 116 Å². The van der Waals surface area contributed by atoms with Crippen molar-refractivity contribution in [1.29, 1.82) is 0 Å². The van der Waals surface area contributed by atoms with E-state index in [0.717, 1.165) is 11.4 Å². The quantitative estimate of drug-likeness (QED) is 0.430. The molecule has 0 saturated carbocycles. The normalized spacial score (nSPS) is 13.8. The van der Waals surface area contributed by atoms with Crippen molar-refractivity contribution in [1.82, 2.24) is 24.4 Å². The summed E-state index contributed by atoms with van der Waals surface area (Å²) >= 11 is 6.14. The molecule has 1 aromatic carbocycles. The number of pyridine rings is 2. The zero-order valence-electron chi connectivity index (χ0n) is 17.9. The second-order valence-corrected chi connectivity index (χ2v) is 8.08. The molecule has 0 unspecified atom stereocenters. The first-order chi connectivity index (χ1) is 16.5. The van der Waals surface area contributed by atoms with Gasteiger partial charge in [0.05, 0.1) is 16.6 Å². The Labute approximate surface area is 199 Å². The van der Waals surface area contributed by atoms with Crippen LogP contribution in [0.4, 0.5) is 22.1 Å². The summed E-state index contributed by atoms with van der Waals surface area (Å²) in [7, 11) is 0. The highest BCUT2D eigenvalue weighted by Gasteiger charge is 2.20. The second-order valence-electron chi connectivity index (χ2n) is 7.73. The number of piperazine rings is 1. The molecule has 10 nitrogen and oxygen atoms in total. The highest BCUT2D eigenvalue weighted by Crippen LogP contribution is 2.22. The van der Waals surface area contributed by atoms with Gasteiger partial charge in [-0.2, -0.15) is 0 Å². The smallest absolute Gasteiger partial charge is 0.407 e. The van der Waals surface area contributed by atoms with Crippen LogP contribution in [0.25, 0.3) is 16.6 Å². The highest BCUT2D eigenvalue weighted by molar-refractivity contribution is 6.31. The van der Waals surface area contributed by atoms with Gasteiger partial charge in [-0.1, -0.05) is 11.6 Å². The number of carboxylic acid groups (broad SMARTS) is 1. The third-order valence-corrected chi connectivity index (χ3v) is 5.98. The minimum absolute atomic E-state index is 0.232. The molecule has 2 N–H and O–H groups in total. The molecule has 1 aliphatic heterocycles. The zero-order valence-corrected chi connectivity index (χ0v) is 18.7. The number of fused-ring (bicyclic) bond motifs is 1. The molecule has 1 aliphatic rings. The van der Waals surface area contributed by atoms with Crippen LogP contribution in [0.3, 0.4) is 0 Å². The van der Waals surface area contributed by atoms with Crippen molar-refractivity contribution in [2.45, 2.75) is 0 Å². The number of amides is 1. The standard InChI is InChI=1S/C23H20ClN7O3/c24-20-19(2-1-8-25-20)31-9-7-18-17(21(31)32)14-26-22(28-18)27-15-3-5-16(6-4-15)29-10-12-30(13-11-29)23(33)34/h1-9,14H,10-13H2,(H,33,34)(H,26,27,28). The van der Waals surface area contributed by atoms with Crippen molar-refractivity contribution < 1.29 is 9.90 Å². The molecule has 0 bridgehead atoms. The van der Waals surface area contributed by atoms with Crippen molar-refractivity contribution in [2.24, 2.45) is 0 Å². The van der Waals surface area contributed by atoms with Crippen LogP contribution in [-0.4, -0.2) is 61.8 Å². The summed E-state index contributed by atoms with van der Waals surface area (Å²) in [5.41, 5.74) is 2.52. The summed E-state index contributed by atoms with van der Waals surface area (Å²) in [4.78, 5) is 40.4. The van der Waals surface area contributed by atoms with Crippen molar-refractivity contribution in [3.05, 3.63) is 76.6 Å². The van der Waals surface area contributed by atoms with E-state index in [9.17, 15) is 9.59 Å². The van der Waals surface area contributed by atoms with Crippen LogP contribution in [0.2, 0.25) is 5.15 Å². The predicted octanol–water partition coefficient (Wildman–Crippen LogP) is 3.37. The van der Waals surface area contributed by atoms with Crippen molar-refractivity contribution in [2.75, 3.05) is 36.4 Å². The molecule has 4 aromatic rings. The largest absolute Gasteiger partial charge is 0.465 e. The van der Waals surface area contributed by atoms with Gasteiger partial charge in [-0.25, -0.2) is 19.7 Å². The van der Waals surface area contributed by atoms with Gasteiger partial charge in [0.25, 0.3) is 5.56 Å². The molecule has 0 radical (unpaired) electrons. The van der Waals surface area contributed by atoms with E-state index >= 15 is 0 Å². The Balaban J connectivity index is 1.32. The lowest BCUT2D eigenvalue weighted by Crippen LogP contribution is -2.48. The van der Waals surface area contributed by atoms with Crippen LogP contribution in [0, 0.1) is 0 Å². The Morgan fingerprint density at radius 3 is 2.50 bits per heavy atom. The lowest BCUT2D eigenvalue weighted by molar-refractivity contribution is 0.142. The van der Waals surface area contributed by atoms with Gasteiger partial charge in [0, 0.05) is 56.1 Å². The summed E-state index contributed by atoms with van der Waals surface area (Å²) in [5.74, 6) is 0.367. The van der Waals surface area contributed by atoms with Crippen molar-refractivity contribution in [3.8, 4) is 5.69 Å². The van der Waals surface area contributed by atoms with Crippen LogP contribution >= 0.6 is 11.6 Å². The molecule has 3 aromatic heterocycles. The summed E-state index contributed by atoms with van der Waals surface area (Å²) in [6.07, 6.45) is 3.78.